The molecule has 1 aromatic rings. The number of hydrogen-bond acceptors (Lipinski definition) is 3. The lowest BCUT2D eigenvalue weighted by atomic mass is 10.0. The number of alkyl halides is 3. The van der Waals surface area contributed by atoms with Gasteiger partial charge in [-0.1, -0.05) is 12.1 Å². The van der Waals surface area contributed by atoms with E-state index in [0.717, 1.165) is 12.1 Å². The Morgan fingerprint density at radius 3 is 2.26 bits per heavy atom. The number of halogens is 3. The van der Waals surface area contributed by atoms with Crippen LogP contribution in [0, 0.1) is 0 Å². The quantitative estimate of drug-likeness (QED) is 0.859. The summed E-state index contributed by atoms with van der Waals surface area (Å²) in [7, 11) is 0. The maximum Gasteiger partial charge on any atom is 0.416 e. The Kier molecular flexibility index (Phi) is 4.77. The molecular weight excluding hydrogens is 263 g/mol. The van der Waals surface area contributed by atoms with Crippen LogP contribution in [0.15, 0.2) is 24.3 Å². The van der Waals surface area contributed by atoms with Crippen LogP contribution in [0.3, 0.4) is 0 Å². The molecule has 0 saturated heterocycles. The first kappa shape index (κ1) is 15.3. The summed E-state index contributed by atoms with van der Waals surface area (Å²) >= 11 is 0. The van der Waals surface area contributed by atoms with E-state index in [0.29, 0.717) is 5.56 Å². The lowest BCUT2D eigenvalue weighted by molar-refractivity contribution is -0.252. The van der Waals surface area contributed by atoms with Crippen LogP contribution in [0.2, 0.25) is 0 Å². The Hall–Kier alpha value is -1.76. The van der Waals surface area contributed by atoms with E-state index in [1.165, 1.54) is 19.1 Å². The number of nitrogens with one attached hydrogen (secondary N) is 1. The fourth-order valence-electron chi connectivity index (χ4n) is 1.58. The second-order valence-corrected chi connectivity index (χ2v) is 4.18. The van der Waals surface area contributed by atoms with E-state index in [-0.39, 0.29) is 6.42 Å². The summed E-state index contributed by atoms with van der Waals surface area (Å²) in [5.41, 5.74) is -0.301. The number of aliphatic hydroxyl groups is 1. The third-order valence-electron chi connectivity index (χ3n) is 2.62. The highest BCUT2D eigenvalue weighted by atomic mass is 19.4. The lowest BCUT2D eigenvalue weighted by Crippen LogP contribution is -2.49. The van der Waals surface area contributed by atoms with Gasteiger partial charge in [0.15, 0.2) is 0 Å². The normalized spacial score (nSPS) is 14.8. The minimum absolute atomic E-state index is 0.0732. The van der Waals surface area contributed by atoms with E-state index in [9.17, 15) is 28.2 Å². The average molecular weight is 276 g/mol. The Labute approximate surface area is 107 Å². The van der Waals surface area contributed by atoms with Crippen molar-refractivity contribution in [2.75, 3.05) is 0 Å². The zero-order valence-corrected chi connectivity index (χ0v) is 10.1. The number of carbonyl (C=O) groups excluding carboxylic acids is 1. The zero-order valence-electron chi connectivity index (χ0n) is 10.1. The predicted molar refractivity (Wildman–Crippen MR) is 59.1 cm³/mol. The predicted octanol–water partition coefficient (Wildman–Crippen LogP) is 0.930. The molecule has 106 valence electrons. The van der Waals surface area contributed by atoms with Crippen LogP contribution in [-0.4, -0.2) is 23.3 Å². The highest BCUT2D eigenvalue weighted by Crippen LogP contribution is 2.29. The van der Waals surface area contributed by atoms with Crippen LogP contribution in [-0.2, 0) is 12.6 Å². The molecule has 4 nitrogen and oxygen atoms in total. The van der Waals surface area contributed by atoms with Crippen molar-refractivity contribution in [3.63, 3.8) is 0 Å². The van der Waals surface area contributed by atoms with Gasteiger partial charge >= 0.3 is 6.18 Å². The standard InChI is InChI=1S/C12H14F3NO3/c1-7(17)10(16-11(18)19)6-8-2-4-9(5-3-8)12(13,14)15/h2-5,7,10,16-17H,6H2,1H3,(H,18,19)/p-1/t7-,10-/m0/s1. The van der Waals surface area contributed by atoms with E-state index in [2.05, 4.69) is 0 Å². The van der Waals surface area contributed by atoms with Crippen molar-refractivity contribution in [1.29, 1.82) is 0 Å². The second kappa shape index (κ2) is 5.92. The first-order valence-corrected chi connectivity index (χ1v) is 5.52. The molecule has 0 heterocycles. The fourth-order valence-corrected chi connectivity index (χ4v) is 1.58. The molecule has 7 heteroatoms. The van der Waals surface area contributed by atoms with Gasteiger partial charge in [-0.25, -0.2) is 0 Å². The zero-order chi connectivity index (χ0) is 14.6. The van der Waals surface area contributed by atoms with Gasteiger partial charge in [0.05, 0.1) is 17.7 Å². The molecule has 1 rings (SSSR count). The Morgan fingerprint density at radius 1 is 1.37 bits per heavy atom. The van der Waals surface area contributed by atoms with Crippen LogP contribution in [0.5, 0.6) is 0 Å². The minimum Gasteiger partial charge on any atom is -0.530 e. The van der Waals surface area contributed by atoms with Crippen LogP contribution in [0.1, 0.15) is 18.1 Å². The average Bonchev–Trinajstić information content (AvgIpc) is 2.27. The Bertz CT molecular complexity index is 429. The Balaban J connectivity index is 2.78. The summed E-state index contributed by atoms with van der Waals surface area (Å²) in [6, 6.07) is 3.48. The molecule has 1 aromatic carbocycles. The molecule has 19 heavy (non-hydrogen) atoms. The van der Waals surface area contributed by atoms with Crippen LogP contribution in [0.25, 0.3) is 0 Å². The molecule has 0 fully saturated rings. The number of aliphatic hydroxyl groups excluding tert-OH is 1. The van der Waals surface area contributed by atoms with Crippen LogP contribution >= 0.6 is 0 Å². The third-order valence-corrected chi connectivity index (χ3v) is 2.62. The molecule has 2 atom stereocenters. The van der Waals surface area contributed by atoms with E-state index < -0.39 is 30.0 Å². The molecule has 1 amide bonds. The van der Waals surface area contributed by atoms with E-state index in [4.69, 9.17) is 0 Å². The van der Waals surface area contributed by atoms with Gasteiger partial charge in [-0.05, 0) is 31.0 Å². The van der Waals surface area contributed by atoms with E-state index >= 15 is 0 Å². The van der Waals surface area contributed by atoms with Gasteiger partial charge < -0.3 is 20.3 Å². The summed E-state index contributed by atoms with van der Waals surface area (Å²) in [6.07, 6.45) is -6.87. The second-order valence-electron chi connectivity index (χ2n) is 4.18. The van der Waals surface area contributed by atoms with E-state index in [1.807, 2.05) is 5.32 Å². The number of benzene rings is 1. The van der Waals surface area contributed by atoms with Gasteiger partial charge in [0.25, 0.3) is 0 Å². The van der Waals surface area contributed by atoms with Crippen molar-refractivity contribution in [2.24, 2.45) is 0 Å². The van der Waals surface area contributed by atoms with Crippen molar-refractivity contribution in [3.05, 3.63) is 35.4 Å². The number of carbonyl (C=O) groups is 1. The molecule has 0 saturated carbocycles. The molecule has 0 bridgehead atoms. The Morgan fingerprint density at radius 2 is 1.89 bits per heavy atom. The van der Waals surface area contributed by atoms with Crippen LogP contribution < -0.4 is 10.4 Å². The van der Waals surface area contributed by atoms with Gasteiger partial charge in [-0.2, -0.15) is 13.2 Å². The van der Waals surface area contributed by atoms with Crippen molar-refractivity contribution in [3.8, 4) is 0 Å². The number of amides is 1. The lowest BCUT2D eigenvalue weighted by Gasteiger charge is -2.23. The molecule has 2 N–H and O–H groups in total. The molecule has 0 aromatic heterocycles. The largest absolute Gasteiger partial charge is 0.530 e. The molecule has 0 unspecified atom stereocenters. The smallest absolute Gasteiger partial charge is 0.416 e. The van der Waals surface area contributed by atoms with Crippen molar-refractivity contribution >= 4 is 6.09 Å². The first-order valence-electron chi connectivity index (χ1n) is 5.52. The summed E-state index contributed by atoms with van der Waals surface area (Å²) < 4.78 is 37.0. The molecule has 0 aliphatic heterocycles. The fraction of sp³-hybridized carbons (Fsp3) is 0.417. The van der Waals surface area contributed by atoms with Crippen molar-refractivity contribution < 1.29 is 28.2 Å². The van der Waals surface area contributed by atoms with Gasteiger partial charge in [0.2, 0.25) is 0 Å². The summed E-state index contributed by atoms with van der Waals surface area (Å²) in [4.78, 5) is 10.4. The highest BCUT2D eigenvalue weighted by Gasteiger charge is 2.30. The van der Waals surface area contributed by atoms with Crippen LogP contribution in [0.4, 0.5) is 18.0 Å². The maximum absolute atomic E-state index is 12.3. The maximum atomic E-state index is 12.3. The third kappa shape index (κ3) is 4.78. The topological polar surface area (TPSA) is 72.4 Å². The van der Waals surface area contributed by atoms with E-state index in [1.54, 1.807) is 0 Å². The van der Waals surface area contributed by atoms with Crippen molar-refractivity contribution in [1.82, 2.24) is 5.32 Å². The molecule has 0 spiro atoms. The summed E-state index contributed by atoms with van der Waals surface area (Å²) in [5, 5.41) is 21.8. The SMILES string of the molecule is C[C@H](O)[C@H](Cc1ccc(C(F)(F)F)cc1)NC(=O)[O-]. The van der Waals surface area contributed by atoms with Gasteiger partial charge in [0, 0.05) is 0 Å². The van der Waals surface area contributed by atoms with Gasteiger partial charge in [-0.3, -0.25) is 0 Å². The molecule has 0 radical (unpaired) electrons. The van der Waals surface area contributed by atoms with Gasteiger partial charge in [-0.15, -0.1) is 0 Å². The molecule has 0 aliphatic carbocycles. The first-order chi connectivity index (χ1) is 8.70. The summed E-state index contributed by atoms with van der Waals surface area (Å²) in [5.74, 6) is 0. The molecular formula is C12H13F3NO3-. The summed E-state index contributed by atoms with van der Waals surface area (Å²) in [6.45, 7) is 1.38. The van der Waals surface area contributed by atoms with Crippen molar-refractivity contribution in [2.45, 2.75) is 31.7 Å². The number of hydrogen-bond donors (Lipinski definition) is 2. The number of carboxylic acid groups (broad SMARTS) is 1. The van der Waals surface area contributed by atoms with Gasteiger partial charge in [0.1, 0.15) is 6.09 Å². The molecule has 0 aliphatic rings. The highest BCUT2D eigenvalue weighted by molar-refractivity contribution is 5.62. The number of rotatable bonds is 4. The monoisotopic (exact) mass is 276 g/mol. The minimum atomic E-state index is -4.41.